The molecule has 2 N–H and O–H groups in total. The molecule has 0 aliphatic heterocycles. The molecule has 0 saturated carbocycles. The monoisotopic (exact) mass is 301 g/mol. The first-order valence-corrected chi connectivity index (χ1v) is 8.13. The molecule has 2 rings (SSSR count). The van der Waals surface area contributed by atoms with Gasteiger partial charge in [-0.05, 0) is 30.9 Å². The molecule has 3 nitrogen and oxygen atoms in total. The third-order valence-electron chi connectivity index (χ3n) is 2.21. The fourth-order valence-corrected chi connectivity index (χ4v) is 3.97. The highest BCUT2D eigenvalue weighted by molar-refractivity contribution is 8.03. The Balaban J connectivity index is 2.26. The van der Waals surface area contributed by atoms with Crippen LogP contribution in [0.3, 0.4) is 0 Å². The van der Waals surface area contributed by atoms with Crippen LogP contribution in [0, 0.1) is 5.82 Å². The molecule has 7 heteroatoms. The van der Waals surface area contributed by atoms with Crippen molar-refractivity contribution in [2.75, 3.05) is 12.8 Å². The van der Waals surface area contributed by atoms with E-state index in [1.165, 1.54) is 40.9 Å². The summed E-state index contributed by atoms with van der Waals surface area (Å²) < 4.78 is 15.5. The molecule has 0 amide bonds. The van der Waals surface area contributed by atoms with Crippen molar-refractivity contribution in [2.45, 2.75) is 20.0 Å². The van der Waals surface area contributed by atoms with Crippen molar-refractivity contribution in [1.82, 2.24) is 10.2 Å². The maximum atomic E-state index is 13.8. The Morgan fingerprint density at radius 1 is 1.33 bits per heavy atom. The number of benzene rings is 1. The van der Waals surface area contributed by atoms with Crippen LogP contribution in [0.1, 0.15) is 5.56 Å². The minimum Gasteiger partial charge on any atom is -0.330 e. The Bertz CT molecular complexity index is 530. The van der Waals surface area contributed by atoms with Gasteiger partial charge in [-0.1, -0.05) is 47.0 Å². The van der Waals surface area contributed by atoms with E-state index < -0.39 is 0 Å². The maximum Gasteiger partial charge on any atom is 0.179 e. The SMILES string of the molecule is CSc1nnc(Sc2c(F)cccc2CCN)s1. The third-order valence-corrected chi connectivity index (χ3v) is 5.33. The Hall–Kier alpha value is -0.630. The standard InChI is InChI=1S/C11H12FN3S3/c1-16-10-14-15-11(18-10)17-9-7(5-6-13)3-2-4-8(9)12/h2-4H,5-6,13H2,1H3. The second kappa shape index (κ2) is 6.51. The molecule has 0 fully saturated rings. The Morgan fingerprint density at radius 2 is 2.11 bits per heavy atom. The van der Waals surface area contributed by atoms with Gasteiger partial charge in [0.2, 0.25) is 0 Å². The Morgan fingerprint density at radius 3 is 2.78 bits per heavy atom. The Kier molecular flexibility index (Phi) is 4.99. The summed E-state index contributed by atoms with van der Waals surface area (Å²) >= 11 is 4.32. The molecule has 2 aromatic rings. The van der Waals surface area contributed by atoms with Gasteiger partial charge in [-0.3, -0.25) is 0 Å². The fourth-order valence-electron chi connectivity index (χ4n) is 1.43. The number of nitrogens with two attached hydrogens (primary N) is 1. The van der Waals surface area contributed by atoms with Crippen LogP contribution in [0.4, 0.5) is 4.39 Å². The van der Waals surface area contributed by atoms with Crippen LogP contribution >= 0.6 is 34.9 Å². The van der Waals surface area contributed by atoms with Crippen molar-refractivity contribution in [3.8, 4) is 0 Å². The molecule has 0 saturated heterocycles. The maximum absolute atomic E-state index is 13.8. The highest BCUT2D eigenvalue weighted by Crippen LogP contribution is 2.36. The van der Waals surface area contributed by atoms with Crippen LogP contribution in [-0.2, 0) is 6.42 Å². The molecule has 0 atom stereocenters. The van der Waals surface area contributed by atoms with Gasteiger partial charge in [0.1, 0.15) is 5.82 Å². The number of halogens is 1. The predicted molar refractivity (Wildman–Crippen MR) is 75.0 cm³/mol. The second-order valence-electron chi connectivity index (χ2n) is 3.41. The van der Waals surface area contributed by atoms with Crippen LogP contribution < -0.4 is 5.73 Å². The van der Waals surface area contributed by atoms with E-state index in [9.17, 15) is 4.39 Å². The summed E-state index contributed by atoms with van der Waals surface area (Å²) in [5, 5.41) is 8.04. The Labute approximate surface area is 117 Å². The van der Waals surface area contributed by atoms with Crippen LogP contribution in [0.5, 0.6) is 0 Å². The smallest absolute Gasteiger partial charge is 0.179 e. The van der Waals surface area contributed by atoms with Gasteiger partial charge in [0.25, 0.3) is 0 Å². The number of nitrogens with zero attached hydrogens (tertiary/aromatic N) is 2. The fraction of sp³-hybridized carbons (Fsp3) is 0.273. The van der Waals surface area contributed by atoms with E-state index in [0.29, 0.717) is 17.9 Å². The van der Waals surface area contributed by atoms with E-state index in [1.807, 2.05) is 12.3 Å². The van der Waals surface area contributed by atoms with Gasteiger partial charge < -0.3 is 5.73 Å². The van der Waals surface area contributed by atoms with Crippen LogP contribution in [-0.4, -0.2) is 23.0 Å². The predicted octanol–water partition coefficient (Wildman–Crippen LogP) is 3.05. The molecule has 18 heavy (non-hydrogen) atoms. The van der Waals surface area contributed by atoms with Crippen LogP contribution in [0.25, 0.3) is 0 Å². The van der Waals surface area contributed by atoms with Gasteiger partial charge in [0.15, 0.2) is 8.68 Å². The van der Waals surface area contributed by atoms with E-state index in [-0.39, 0.29) is 5.82 Å². The lowest BCUT2D eigenvalue weighted by Gasteiger charge is -2.07. The number of hydrogen-bond acceptors (Lipinski definition) is 6. The summed E-state index contributed by atoms with van der Waals surface area (Å²) in [5.74, 6) is -0.230. The van der Waals surface area contributed by atoms with Crippen molar-refractivity contribution in [3.05, 3.63) is 29.6 Å². The second-order valence-corrected chi connectivity index (χ2v) is 6.70. The highest BCUT2D eigenvalue weighted by atomic mass is 32.2. The van der Waals surface area contributed by atoms with Gasteiger partial charge in [-0.15, -0.1) is 10.2 Å². The lowest BCUT2D eigenvalue weighted by atomic mass is 10.1. The van der Waals surface area contributed by atoms with E-state index in [2.05, 4.69) is 10.2 Å². The highest BCUT2D eigenvalue weighted by Gasteiger charge is 2.12. The molecule has 1 heterocycles. The first kappa shape index (κ1) is 13.8. The molecule has 0 radical (unpaired) electrons. The lowest BCUT2D eigenvalue weighted by molar-refractivity contribution is 0.597. The molecule has 96 valence electrons. The molecule has 0 aliphatic carbocycles. The lowest BCUT2D eigenvalue weighted by Crippen LogP contribution is -2.04. The molecule has 1 aromatic carbocycles. The minimum absolute atomic E-state index is 0.230. The van der Waals surface area contributed by atoms with Crippen molar-refractivity contribution >= 4 is 34.9 Å². The number of thioether (sulfide) groups is 1. The van der Waals surface area contributed by atoms with Gasteiger partial charge in [-0.2, -0.15) is 0 Å². The number of aromatic nitrogens is 2. The summed E-state index contributed by atoms with van der Waals surface area (Å²) in [6, 6.07) is 5.06. The van der Waals surface area contributed by atoms with E-state index >= 15 is 0 Å². The quantitative estimate of drug-likeness (QED) is 0.860. The van der Waals surface area contributed by atoms with Crippen molar-refractivity contribution in [1.29, 1.82) is 0 Å². The first-order chi connectivity index (χ1) is 8.74. The average Bonchev–Trinajstić information content (AvgIpc) is 2.82. The number of rotatable bonds is 5. The zero-order chi connectivity index (χ0) is 13.0. The summed E-state index contributed by atoms with van der Waals surface area (Å²) in [6.07, 6.45) is 2.60. The first-order valence-electron chi connectivity index (χ1n) is 5.27. The zero-order valence-corrected chi connectivity index (χ0v) is 12.2. The zero-order valence-electron chi connectivity index (χ0n) is 9.72. The summed E-state index contributed by atoms with van der Waals surface area (Å²) in [6.45, 7) is 0.503. The summed E-state index contributed by atoms with van der Waals surface area (Å²) in [7, 11) is 0. The topological polar surface area (TPSA) is 51.8 Å². The van der Waals surface area contributed by atoms with Gasteiger partial charge >= 0.3 is 0 Å². The molecule has 1 aromatic heterocycles. The van der Waals surface area contributed by atoms with E-state index in [4.69, 9.17) is 5.73 Å². The normalized spacial score (nSPS) is 10.8. The van der Waals surface area contributed by atoms with Crippen molar-refractivity contribution in [2.24, 2.45) is 5.73 Å². The van der Waals surface area contributed by atoms with Gasteiger partial charge in [0, 0.05) is 0 Å². The molecule has 0 unspecified atom stereocenters. The molecule has 0 bridgehead atoms. The molecular formula is C11H12FN3S3. The molecular weight excluding hydrogens is 289 g/mol. The van der Waals surface area contributed by atoms with Crippen LogP contribution in [0.15, 0.2) is 31.8 Å². The molecule has 0 spiro atoms. The summed E-state index contributed by atoms with van der Waals surface area (Å²) in [5.41, 5.74) is 6.46. The minimum atomic E-state index is -0.230. The molecule has 0 aliphatic rings. The summed E-state index contributed by atoms with van der Waals surface area (Å²) in [4.78, 5) is 0.603. The third kappa shape index (κ3) is 3.23. The van der Waals surface area contributed by atoms with Gasteiger partial charge in [0.05, 0.1) is 4.90 Å². The number of hydrogen-bond donors (Lipinski definition) is 1. The van der Waals surface area contributed by atoms with E-state index in [0.717, 1.165) is 14.2 Å². The van der Waals surface area contributed by atoms with Crippen molar-refractivity contribution in [3.63, 3.8) is 0 Å². The van der Waals surface area contributed by atoms with E-state index in [1.54, 1.807) is 6.07 Å². The van der Waals surface area contributed by atoms with Gasteiger partial charge in [-0.25, -0.2) is 4.39 Å². The average molecular weight is 301 g/mol. The van der Waals surface area contributed by atoms with Crippen LogP contribution in [0.2, 0.25) is 0 Å². The van der Waals surface area contributed by atoms with Crippen molar-refractivity contribution < 1.29 is 4.39 Å². The largest absolute Gasteiger partial charge is 0.330 e.